The number of aromatic amines is 1. The number of sulfonamides is 1. The van der Waals surface area contributed by atoms with Gasteiger partial charge in [0, 0.05) is 12.2 Å². The van der Waals surface area contributed by atoms with Gasteiger partial charge in [0.2, 0.25) is 10.0 Å². The normalized spacial score (nSPS) is 11.5. The van der Waals surface area contributed by atoms with E-state index in [0.29, 0.717) is 22.8 Å². The van der Waals surface area contributed by atoms with E-state index >= 15 is 0 Å². The zero-order chi connectivity index (χ0) is 15.5. The maximum absolute atomic E-state index is 12.1. The molecule has 1 heterocycles. The van der Waals surface area contributed by atoms with Crippen molar-refractivity contribution in [3.63, 3.8) is 0 Å². The van der Waals surface area contributed by atoms with Crippen molar-refractivity contribution >= 4 is 15.7 Å². The van der Waals surface area contributed by atoms with Crippen LogP contribution < -0.4 is 15.2 Å². The first-order chi connectivity index (χ1) is 9.90. The van der Waals surface area contributed by atoms with E-state index < -0.39 is 10.0 Å². The van der Waals surface area contributed by atoms with Gasteiger partial charge in [0.25, 0.3) is 0 Å². The van der Waals surface area contributed by atoms with Gasteiger partial charge in [0.15, 0.2) is 0 Å². The van der Waals surface area contributed by atoms with E-state index in [1.807, 2.05) is 0 Å². The monoisotopic (exact) mass is 310 g/mol. The highest BCUT2D eigenvalue weighted by Crippen LogP contribution is 2.16. The van der Waals surface area contributed by atoms with Crippen LogP contribution in [0.25, 0.3) is 0 Å². The fourth-order valence-electron chi connectivity index (χ4n) is 1.92. The molecule has 8 heteroatoms. The first-order valence-electron chi connectivity index (χ1n) is 6.40. The highest BCUT2D eigenvalue weighted by molar-refractivity contribution is 7.89. The number of hydrogen-bond donors (Lipinski definition) is 3. The van der Waals surface area contributed by atoms with Crippen LogP contribution in [-0.4, -0.2) is 31.8 Å². The van der Waals surface area contributed by atoms with Crippen LogP contribution in [0.3, 0.4) is 0 Å². The summed E-state index contributed by atoms with van der Waals surface area (Å²) in [6, 6.07) is 6.90. The molecule has 0 amide bonds. The maximum Gasteiger partial charge on any atom is 0.244 e. The van der Waals surface area contributed by atoms with Crippen molar-refractivity contribution in [2.75, 3.05) is 18.9 Å². The minimum atomic E-state index is -3.58. The van der Waals surface area contributed by atoms with Gasteiger partial charge in [0.05, 0.1) is 11.4 Å². The molecule has 0 radical (unpaired) electrons. The van der Waals surface area contributed by atoms with Gasteiger partial charge in [-0.1, -0.05) is 0 Å². The molecule has 0 aliphatic heterocycles. The van der Waals surface area contributed by atoms with Gasteiger partial charge in [-0.2, -0.15) is 5.10 Å². The lowest BCUT2D eigenvalue weighted by atomic mass is 10.3. The Labute approximate surface area is 123 Å². The minimum Gasteiger partial charge on any atom is -0.492 e. The van der Waals surface area contributed by atoms with E-state index in [1.54, 1.807) is 38.1 Å². The average molecular weight is 310 g/mol. The Morgan fingerprint density at radius 2 is 1.95 bits per heavy atom. The summed E-state index contributed by atoms with van der Waals surface area (Å²) in [5, 5.41) is 6.53. The second-order valence-corrected chi connectivity index (χ2v) is 6.28. The quantitative estimate of drug-likeness (QED) is 0.544. The lowest BCUT2D eigenvalue weighted by Crippen LogP contribution is -2.29. The Morgan fingerprint density at radius 1 is 1.29 bits per heavy atom. The number of ether oxygens (including phenoxy) is 1. The molecule has 0 saturated carbocycles. The van der Waals surface area contributed by atoms with Crippen LogP contribution in [0.4, 0.5) is 5.69 Å². The van der Waals surface area contributed by atoms with E-state index in [4.69, 9.17) is 10.5 Å². The van der Waals surface area contributed by atoms with Crippen LogP contribution in [-0.2, 0) is 10.0 Å². The van der Waals surface area contributed by atoms with E-state index in [-0.39, 0.29) is 18.0 Å². The van der Waals surface area contributed by atoms with Crippen LogP contribution >= 0.6 is 0 Å². The third kappa shape index (κ3) is 3.73. The van der Waals surface area contributed by atoms with Crippen LogP contribution in [0, 0.1) is 13.8 Å². The molecule has 2 rings (SSSR count). The van der Waals surface area contributed by atoms with Gasteiger partial charge >= 0.3 is 0 Å². The van der Waals surface area contributed by atoms with Crippen molar-refractivity contribution in [1.82, 2.24) is 14.9 Å². The highest BCUT2D eigenvalue weighted by atomic mass is 32.2. The summed E-state index contributed by atoms with van der Waals surface area (Å²) in [4.78, 5) is 0.190. The summed E-state index contributed by atoms with van der Waals surface area (Å²) in [5.74, 6) is 0.638. The number of H-pyrrole nitrogens is 1. The Bertz CT molecular complexity index is 688. The van der Waals surface area contributed by atoms with Gasteiger partial charge in [-0.15, -0.1) is 0 Å². The van der Waals surface area contributed by atoms with Crippen LogP contribution in [0.5, 0.6) is 5.75 Å². The number of nitrogen functional groups attached to an aromatic ring is 1. The predicted octanol–water partition coefficient (Wildman–Crippen LogP) is 0.966. The number of nitrogens with two attached hydrogens (primary N) is 1. The molecule has 1 aromatic heterocycles. The van der Waals surface area contributed by atoms with Gasteiger partial charge in [-0.3, -0.25) is 5.10 Å². The van der Waals surface area contributed by atoms with Crippen molar-refractivity contribution in [1.29, 1.82) is 0 Å². The number of aryl methyl sites for hydroxylation is 2. The van der Waals surface area contributed by atoms with Crippen molar-refractivity contribution in [3.05, 3.63) is 35.7 Å². The van der Waals surface area contributed by atoms with Crippen LogP contribution in [0.2, 0.25) is 0 Å². The Morgan fingerprint density at radius 3 is 2.52 bits per heavy atom. The third-order valence-corrected chi connectivity index (χ3v) is 4.60. The molecular formula is C13H18N4O3S. The third-order valence-electron chi connectivity index (χ3n) is 2.87. The topological polar surface area (TPSA) is 110 Å². The standard InChI is InChI=1S/C13H18N4O3S/c1-9-13(10(2)17-16-9)21(18,19)15-7-8-20-12-5-3-11(14)4-6-12/h3-6,15H,7-8,14H2,1-2H3,(H,16,17). The summed E-state index contributed by atoms with van der Waals surface area (Å²) < 4.78 is 32.2. The van der Waals surface area contributed by atoms with E-state index in [1.165, 1.54) is 0 Å². The predicted molar refractivity (Wildman–Crippen MR) is 79.6 cm³/mol. The Kier molecular flexibility index (Phi) is 4.49. The van der Waals surface area contributed by atoms with Crippen molar-refractivity contribution < 1.29 is 13.2 Å². The first-order valence-corrected chi connectivity index (χ1v) is 7.88. The molecule has 1 aromatic carbocycles. The van der Waals surface area contributed by atoms with Crippen LogP contribution in [0.15, 0.2) is 29.2 Å². The van der Waals surface area contributed by atoms with Gasteiger partial charge < -0.3 is 10.5 Å². The van der Waals surface area contributed by atoms with Crippen molar-refractivity contribution in [3.8, 4) is 5.75 Å². The lowest BCUT2D eigenvalue weighted by molar-refractivity contribution is 0.323. The van der Waals surface area contributed by atoms with Crippen LogP contribution in [0.1, 0.15) is 11.4 Å². The first kappa shape index (κ1) is 15.3. The summed E-state index contributed by atoms with van der Waals surface area (Å²) in [5.41, 5.74) is 7.17. The summed E-state index contributed by atoms with van der Waals surface area (Å²) in [7, 11) is -3.58. The minimum absolute atomic E-state index is 0.163. The number of anilines is 1. The SMILES string of the molecule is Cc1n[nH]c(C)c1S(=O)(=O)NCCOc1ccc(N)cc1. The summed E-state index contributed by atoms with van der Waals surface area (Å²) in [6.07, 6.45) is 0. The Balaban J connectivity index is 1.90. The molecule has 2 aromatic rings. The second kappa shape index (κ2) is 6.15. The maximum atomic E-state index is 12.1. The molecule has 7 nitrogen and oxygen atoms in total. The highest BCUT2D eigenvalue weighted by Gasteiger charge is 2.21. The molecule has 114 valence electrons. The number of nitrogens with one attached hydrogen (secondary N) is 2. The Hall–Kier alpha value is -2.06. The molecule has 0 unspecified atom stereocenters. The number of rotatable bonds is 6. The van der Waals surface area contributed by atoms with Gasteiger partial charge in [-0.25, -0.2) is 13.1 Å². The number of benzene rings is 1. The van der Waals surface area contributed by atoms with E-state index in [0.717, 1.165) is 0 Å². The molecule has 0 fully saturated rings. The molecule has 0 bridgehead atoms. The number of nitrogens with zero attached hydrogens (tertiary/aromatic N) is 1. The molecule has 0 atom stereocenters. The van der Waals surface area contributed by atoms with Crippen molar-refractivity contribution in [2.45, 2.75) is 18.7 Å². The molecule has 0 aliphatic carbocycles. The summed E-state index contributed by atoms with van der Waals surface area (Å²) >= 11 is 0. The molecule has 4 N–H and O–H groups in total. The van der Waals surface area contributed by atoms with Crippen molar-refractivity contribution in [2.24, 2.45) is 0 Å². The molecule has 0 saturated heterocycles. The number of aromatic nitrogens is 2. The zero-order valence-electron chi connectivity index (χ0n) is 11.9. The fraction of sp³-hybridized carbons (Fsp3) is 0.308. The van der Waals surface area contributed by atoms with Gasteiger partial charge in [-0.05, 0) is 38.1 Å². The molecule has 0 spiro atoms. The largest absolute Gasteiger partial charge is 0.492 e. The van der Waals surface area contributed by atoms with E-state index in [2.05, 4.69) is 14.9 Å². The number of hydrogen-bond acceptors (Lipinski definition) is 5. The average Bonchev–Trinajstić information content (AvgIpc) is 2.77. The van der Waals surface area contributed by atoms with Gasteiger partial charge in [0.1, 0.15) is 17.3 Å². The summed E-state index contributed by atoms with van der Waals surface area (Å²) in [6.45, 7) is 3.69. The fourth-order valence-corrected chi connectivity index (χ4v) is 3.30. The smallest absolute Gasteiger partial charge is 0.244 e. The second-order valence-electron chi connectivity index (χ2n) is 4.58. The van der Waals surface area contributed by atoms with E-state index in [9.17, 15) is 8.42 Å². The molecule has 0 aliphatic rings. The lowest BCUT2D eigenvalue weighted by Gasteiger charge is -2.09. The molecular weight excluding hydrogens is 292 g/mol. The molecule has 21 heavy (non-hydrogen) atoms. The zero-order valence-corrected chi connectivity index (χ0v) is 12.7.